The minimum absolute atomic E-state index is 0.463. The number of allylic oxidation sites excluding steroid dienone is 1. The summed E-state index contributed by atoms with van der Waals surface area (Å²) in [6.45, 7) is 8.56. The Morgan fingerprint density at radius 2 is 1.74 bits per heavy atom. The Labute approximate surface area is 140 Å². The number of rotatable bonds is 7. The monoisotopic (exact) mass is 309 g/mol. The van der Waals surface area contributed by atoms with Crippen molar-refractivity contribution in [2.45, 2.75) is 26.7 Å². The van der Waals surface area contributed by atoms with Gasteiger partial charge in [-0.3, -0.25) is 0 Å². The molecule has 1 unspecified atom stereocenters. The molecule has 0 spiro atoms. The van der Waals surface area contributed by atoms with Crippen molar-refractivity contribution in [1.82, 2.24) is 4.90 Å². The molecular weight excluding hydrogens is 282 g/mol. The molecule has 0 aliphatic rings. The van der Waals surface area contributed by atoms with Gasteiger partial charge in [-0.25, -0.2) is 0 Å². The third-order valence-corrected chi connectivity index (χ3v) is 3.80. The van der Waals surface area contributed by atoms with E-state index in [0.717, 1.165) is 24.6 Å². The van der Waals surface area contributed by atoms with E-state index in [1.807, 2.05) is 36.4 Å². The molecule has 0 aromatic heterocycles. The number of nitrogens with zero attached hydrogens (tertiary/aromatic N) is 1. The van der Waals surface area contributed by atoms with Gasteiger partial charge >= 0.3 is 0 Å². The second-order valence-electron chi connectivity index (χ2n) is 6.39. The molecule has 0 amide bonds. The third kappa shape index (κ3) is 5.91. The van der Waals surface area contributed by atoms with Crippen LogP contribution in [0.2, 0.25) is 0 Å². The lowest BCUT2D eigenvalue weighted by Crippen LogP contribution is -2.23. The Hall–Kier alpha value is -2.06. The van der Waals surface area contributed by atoms with E-state index < -0.39 is 0 Å². The molecule has 0 heterocycles. The highest BCUT2D eigenvalue weighted by atomic mass is 16.5. The summed E-state index contributed by atoms with van der Waals surface area (Å²) in [4.78, 5) is 2.35. The van der Waals surface area contributed by atoms with Crippen molar-refractivity contribution in [3.63, 3.8) is 0 Å². The molecular formula is C21H27NO. The second-order valence-corrected chi connectivity index (χ2v) is 6.39. The highest BCUT2D eigenvalue weighted by Gasteiger charge is 2.09. The molecule has 0 bridgehead atoms. The van der Waals surface area contributed by atoms with Crippen LogP contribution in [0.25, 0.3) is 0 Å². The lowest BCUT2D eigenvalue weighted by atomic mass is 10.0. The molecule has 23 heavy (non-hydrogen) atoms. The van der Waals surface area contributed by atoms with Crippen LogP contribution in [0.5, 0.6) is 11.5 Å². The van der Waals surface area contributed by atoms with Gasteiger partial charge in [0.2, 0.25) is 0 Å². The smallest absolute Gasteiger partial charge is 0.127 e. The topological polar surface area (TPSA) is 12.5 Å². The summed E-state index contributed by atoms with van der Waals surface area (Å²) in [7, 11) is 2.17. The number of benzene rings is 2. The van der Waals surface area contributed by atoms with Crippen molar-refractivity contribution >= 4 is 0 Å². The lowest BCUT2D eigenvalue weighted by molar-refractivity contribution is 0.348. The van der Waals surface area contributed by atoms with E-state index in [1.165, 1.54) is 11.1 Å². The molecule has 2 aromatic rings. The first-order valence-electron chi connectivity index (χ1n) is 8.19. The van der Waals surface area contributed by atoms with Gasteiger partial charge in [0.25, 0.3) is 0 Å². The minimum atomic E-state index is 0.463. The van der Waals surface area contributed by atoms with E-state index in [1.54, 1.807) is 0 Å². The number of hydrogen-bond acceptors (Lipinski definition) is 2. The average Bonchev–Trinajstić information content (AvgIpc) is 2.54. The Balaban J connectivity index is 1.99. The molecule has 2 rings (SSSR count). The molecule has 0 saturated heterocycles. The zero-order chi connectivity index (χ0) is 16.7. The largest absolute Gasteiger partial charge is 0.457 e. The number of ether oxygens (including phenoxy) is 1. The maximum absolute atomic E-state index is 5.93. The van der Waals surface area contributed by atoms with Crippen LogP contribution in [0.3, 0.4) is 0 Å². The van der Waals surface area contributed by atoms with Gasteiger partial charge < -0.3 is 9.64 Å². The Morgan fingerprint density at radius 3 is 2.43 bits per heavy atom. The second kappa shape index (κ2) is 8.54. The molecule has 122 valence electrons. The van der Waals surface area contributed by atoms with Crippen LogP contribution >= 0.6 is 0 Å². The van der Waals surface area contributed by atoms with E-state index >= 15 is 0 Å². The minimum Gasteiger partial charge on any atom is -0.457 e. The normalized spacial score (nSPS) is 12.0. The average molecular weight is 309 g/mol. The maximum atomic E-state index is 5.93. The summed E-state index contributed by atoms with van der Waals surface area (Å²) in [5.41, 5.74) is 2.67. The summed E-state index contributed by atoms with van der Waals surface area (Å²) in [6, 6.07) is 18.3. The first kappa shape index (κ1) is 17.3. The highest BCUT2D eigenvalue weighted by Crippen LogP contribution is 2.25. The molecule has 0 aliphatic carbocycles. The van der Waals surface area contributed by atoms with Gasteiger partial charge in [0.1, 0.15) is 11.5 Å². The van der Waals surface area contributed by atoms with Gasteiger partial charge in [-0.05, 0) is 56.6 Å². The van der Waals surface area contributed by atoms with Crippen molar-refractivity contribution in [2.24, 2.45) is 0 Å². The maximum Gasteiger partial charge on any atom is 0.127 e. The van der Waals surface area contributed by atoms with Crippen LogP contribution in [0.15, 0.2) is 66.2 Å². The van der Waals surface area contributed by atoms with Crippen molar-refractivity contribution < 1.29 is 4.74 Å². The van der Waals surface area contributed by atoms with Crippen molar-refractivity contribution in [3.05, 3.63) is 71.8 Å². The molecule has 0 saturated carbocycles. The van der Waals surface area contributed by atoms with Crippen LogP contribution in [-0.2, 0) is 0 Å². The first-order chi connectivity index (χ1) is 11.0. The number of likely N-dealkylation sites (N-methyl/N-ethyl adjacent to an activating group) is 1. The molecule has 0 fully saturated rings. The van der Waals surface area contributed by atoms with Gasteiger partial charge in [0.15, 0.2) is 0 Å². The van der Waals surface area contributed by atoms with Crippen LogP contribution in [0.4, 0.5) is 0 Å². The van der Waals surface area contributed by atoms with Gasteiger partial charge in [-0.2, -0.15) is 0 Å². The predicted octanol–water partition coefficient (Wildman–Crippen LogP) is 5.48. The number of para-hydroxylation sites is 1. The van der Waals surface area contributed by atoms with Gasteiger partial charge in [0.05, 0.1) is 0 Å². The van der Waals surface area contributed by atoms with Crippen LogP contribution in [0, 0.1) is 0 Å². The zero-order valence-electron chi connectivity index (χ0n) is 14.6. The molecule has 0 aliphatic heterocycles. The molecule has 2 nitrogen and oxygen atoms in total. The van der Waals surface area contributed by atoms with Gasteiger partial charge in [-0.1, -0.05) is 48.9 Å². The summed E-state index contributed by atoms with van der Waals surface area (Å²) >= 11 is 0. The molecule has 2 aromatic carbocycles. The Bertz CT molecular complexity index is 629. The van der Waals surface area contributed by atoms with Crippen molar-refractivity contribution in [1.29, 1.82) is 0 Å². The summed E-state index contributed by atoms with van der Waals surface area (Å²) in [5, 5.41) is 0. The van der Waals surface area contributed by atoms with E-state index in [-0.39, 0.29) is 0 Å². The SMILES string of the molecule is CC(C)=CCN(C)CC(C)c1cccc(Oc2ccccc2)c1. The summed E-state index contributed by atoms with van der Waals surface area (Å²) < 4.78 is 5.93. The third-order valence-electron chi connectivity index (χ3n) is 3.80. The quantitative estimate of drug-likeness (QED) is 0.628. The zero-order valence-corrected chi connectivity index (χ0v) is 14.6. The predicted molar refractivity (Wildman–Crippen MR) is 98.3 cm³/mol. The van der Waals surface area contributed by atoms with Crippen LogP contribution < -0.4 is 4.74 Å². The highest BCUT2D eigenvalue weighted by molar-refractivity contribution is 5.35. The van der Waals surface area contributed by atoms with Gasteiger partial charge in [-0.15, -0.1) is 0 Å². The summed E-state index contributed by atoms with van der Waals surface area (Å²) in [5.74, 6) is 2.23. The van der Waals surface area contributed by atoms with E-state index in [2.05, 4.69) is 57.0 Å². The van der Waals surface area contributed by atoms with E-state index in [4.69, 9.17) is 4.74 Å². The Kier molecular flexibility index (Phi) is 6.42. The fraction of sp³-hybridized carbons (Fsp3) is 0.333. The standard InChI is InChI=1S/C21H27NO/c1-17(2)13-14-22(4)16-18(3)19-9-8-12-21(15-19)23-20-10-6-5-7-11-20/h5-13,15,18H,14,16H2,1-4H3. The molecule has 2 heteroatoms. The molecule has 0 N–H and O–H groups in total. The van der Waals surface area contributed by atoms with E-state index in [0.29, 0.717) is 5.92 Å². The van der Waals surface area contributed by atoms with Crippen LogP contribution in [-0.4, -0.2) is 25.0 Å². The first-order valence-corrected chi connectivity index (χ1v) is 8.19. The lowest BCUT2D eigenvalue weighted by Gasteiger charge is -2.21. The number of hydrogen-bond donors (Lipinski definition) is 0. The molecule has 1 atom stereocenters. The molecule has 0 radical (unpaired) electrons. The fourth-order valence-electron chi connectivity index (χ4n) is 2.50. The van der Waals surface area contributed by atoms with Crippen molar-refractivity contribution in [3.8, 4) is 11.5 Å². The Morgan fingerprint density at radius 1 is 1.04 bits per heavy atom. The van der Waals surface area contributed by atoms with Crippen LogP contribution in [0.1, 0.15) is 32.3 Å². The van der Waals surface area contributed by atoms with Crippen molar-refractivity contribution in [2.75, 3.05) is 20.1 Å². The summed E-state index contributed by atoms with van der Waals surface area (Å²) in [6.07, 6.45) is 2.27. The fourth-order valence-corrected chi connectivity index (χ4v) is 2.50. The van der Waals surface area contributed by atoms with E-state index in [9.17, 15) is 0 Å². The van der Waals surface area contributed by atoms with Gasteiger partial charge in [0, 0.05) is 13.1 Å².